The van der Waals surface area contributed by atoms with Crippen molar-refractivity contribution in [2.45, 2.75) is 35.7 Å². The van der Waals surface area contributed by atoms with Crippen molar-refractivity contribution in [3.8, 4) is 0 Å². The minimum absolute atomic E-state index is 0.0482. The summed E-state index contributed by atoms with van der Waals surface area (Å²) in [5.41, 5.74) is 1.63. The molecule has 2 aromatic rings. The number of nitrogens with zero attached hydrogens (tertiary/aromatic N) is 2. The van der Waals surface area contributed by atoms with E-state index in [0.29, 0.717) is 5.56 Å². The lowest BCUT2D eigenvalue weighted by atomic mass is 9.98. The number of halogens is 2. The van der Waals surface area contributed by atoms with Crippen LogP contribution < -0.4 is 0 Å². The molecule has 1 heterocycles. The summed E-state index contributed by atoms with van der Waals surface area (Å²) in [5.74, 6) is -0.389. The third-order valence-corrected chi connectivity index (χ3v) is 6.57. The molecule has 2 atom stereocenters. The molecule has 0 fully saturated rings. The third-order valence-electron chi connectivity index (χ3n) is 4.38. The van der Waals surface area contributed by atoms with Gasteiger partial charge in [-0.25, -0.2) is 12.7 Å². The molecule has 0 bridgehead atoms. The maximum Gasteiger partial charge on any atom is 0.266 e. The first-order chi connectivity index (χ1) is 12.7. The van der Waals surface area contributed by atoms with Gasteiger partial charge in [-0.05, 0) is 31.5 Å². The van der Waals surface area contributed by atoms with Crippen molar-refractivity contribution in [1.29, 1.82) is 0 Å². The molecule has 3 rings (SSSR count). The van der Waals surface area contributed by atoms with Crippen molar-refractivity contribution in [3.63, 3.8) is 0 Å². The van der Waals surface area contributed by atoms with E-state index in [2.05, 4.69) is 4.99 Å². The van der Waals surface area contributed by atoms with E-state index in [4.69, 9.17) is 23.2 Å². The Morgan fingerprint density at radius 1 is 1.07 bits per heavy atom. The maximum absolute atomic E-state index is 13.3. The van der Waals surface area contributed by atoms with Gasteiger partial charge in [0.1, 0.15) is 17.9 Å². The smallest absolute Gasteiger partial charge is 0.266 e. The number of carbonyl (C=O) groups excluding carboxylic acids is 1. The fourth-order valence-electron chi connectivity index (χ4n) is 3.08. The largest absolute Gasteiger partial charge is 0.298 e. The van der Waals surface area contributed by atoms with Gasteiger partial charge in [-0.3, -0.25) is 9.79 Å². The number of amidine groups is 1. The Morgan fingerprint density at radius 3 is 2.19 bits per heavy atom. The van der Waals surface area contributed by atoms with Gasteiger partial charge in [0.2, 0.25) is 0 Å². The number of alkyl halides is 2. The van der Waals surface area contributed by atoms with Gasteiger partial charge in [-0.1, -0.05) is 71.2 Å². The highest BCUT2D eigenvalue weighted by Gasteiger charge is 2.48. The van der Waals surface area contributed by atoms with Crippen molar-refractivity contribution in [1.82, 2.24) is 4.31 Å². The van der Waals surface area contributed by atoms with Crippen molar-refractivity contribution in [2.24, 2.45) is 4.99 Å². The number of aryl methyl sites for hydroxylation is 1. The quantitative estimate of drug-likeness (QED) is 0.683. The molecule has 0 spiro atoms. The lowest BCUT2D eigenvalue weighted by Gasteiger charge is -2.28. The van der Waals surface area contributed by atoms with Crippen LogP contribution in [0.3, 0.4) is 0 Å². The molecule has 0 radical (unpaired) electrons. The average Bonchev–Trinajstić information content (AvgIpc) is 3.05. The Balaban J connectivity index is 2.15. The highest BCUT2D eigenvalue weighted by molar-refractivity contribution is 7.89. The highest BCUT2D eigenvalue weighted by Crippen LogP contribution is 2.38. The van der Waals surface area contributed by atoms with Gasteiger partial charge in [-0.2, -0.15) is 0 Å². The SMILES string of the molecule is CC(=O)[C@H]1[C@H](c2ccccc2)N=C(C(Cl)Cl)N1S(=O)(=O)c1ccc(C)cc1. The number of ketones is 1. The first-order valence-corrected chi connectivity index (χ1v) is 10.6. The summed E-state index contributed by atoms with van der Waals surface area (Å²) >= 11 is 12.1. The van der Waals surface area contributed by atoms with Crippen LogP contribution in [0.1, 0.15) is 24.1 Å². The molecule has 1 aliphatic rings. The average molecular weight is 425 g/mol. The summed E-state index contributed by atoms with van der Waals surface area (Å²) in [5, 5.41) is 0. The molecule has 0 saturated carbocycles. The molecule has 0 amide bonds. The summed E-state index contributed by atoms with van der Waals surface area (Å²) in [4.78, 5) is 15.8. The Labute approximate surface area is 168 Å². The molecule has 0 aromatic heterocycles. The minimum Gasteiger partial charge on any atom is -0.298 e. The number of hydrogen-bond donors (Lipinski definition) is 0. The predicted octanol–water partition coefficient (Wildman–Crippen LogP) is 3.90. The summed E-state index contributed by atoms with van der Waals surface area (Å²) in [7, 11) is -4.07. The molecule has 142 valence electrons. The number of hydrogen-bond acceptors (Lipinski definition) is 4. The van der Waals surface area contributed by atoms with E-state index < -0.39 is 26.9 Å². The number of carbonyl (C=O) groups is 1. The van der Waals surface area contributed by atoms with Crippen molar-refractivity contribution in [3.05, 3.63) is 65.7 Å². The molecule has 27 heavy (non-hydrogen) atoms. The predicted molar refractivity (Wildman–Crippen MR) is 107 cm³/mol. The van der Waals surface area contributed by atoms with Crippen LogP contribution in [0.2, 0.25) is 0 Å². The van der Waals surface area contributed by atoms with Crippen LogP contribution in [0.15, 0.2) is 64.5 Å². The van der Waals surface area contributed by atoms with Gasteiger partial charge in [-0.15, -0.1) is 0 Å². The number of benzene rings is 2. The number of sulfonamides is 1. The fraction of sp³-hybridized carbons (Fsp3) is 0.263. The molecule has 2 aromatic carbocycles. The standard InChI is InChI=1S/C19H18Cl2N2O3S/c1-12-8-10-15(11-9-12)27(25,26)23-17(13(2)24)16(22-19(23)18(20)21)14-6-4-3-5-7-14/h3-11,16-18H,1-2H3/t16-,17-/m0/s1. The van der Waals surface area contributed by atoms with Crippen LogP contribution in [0.25, 0.3) is 0 Å². The van der Waals surface area contributed by atoms with E-state index in [1.165, 1.54) is 19.1 Å². The van der Waals surface area contributed by atoms with Crippen LogP contribution in [0.5, 0.6) is 0 Å². The fourth-order valence-corrected chi connectivity index (χ4v) is 5.19. The van der Waals surface area contributed by atoms with E-state index >= 15 is 0 Å². The van der Waals surface area contributed by atoms with E-state index in [1.807, 2.05) is 13.0 Å². The third kappa shape index (κ3) is 3.74. The zero-order chi connectivity index (χ0) is 19.8. The number of Topliss-reactive ketones (excluding diaryl/α,β-unsaturated/α-hetero) is 1. The summed E-state index contributed by atoms with van der Waals surface area (Å²) in [6.07, 6.45) is 0. The first-order valence-electron chi connectivity index (χ1n) is 8.26. The van der Waals surface area contributed by atoms with E-state index in [9.17, 15) is 13.2 Å². The van der Waals surface area contributed by atoms with Gasteiger partial charge in [0.15, 0.2) is 10.6 Å². The van der Waals surface area contributed by atoms with Crippen molar-refractivity contribution in [2.75, 3.05) is 0 Å². The molecule has 0 N–H and O–H groups in total. The second-order valence-corrected chi connectivity index (χ2v) is 9.22. The second kappa shape index (κ2) is 7.62. The Bertz CT molecular complexity index is 974. The van der Waals surface area contributed by atoms with Gasteiger partial charge < -0.3 is 0 Å². The van der Waals surface area contributed by atoms with E-state index in [-0.39, 0.29) is 16.5 Å². The molecule has 8 heteroatoms. The van der Waals surface area contributed by atoms with Crippen molar-refractivity contribution >= 4 is 44.8 Å². The second-order valence-electron chi connectivity index (χ2n) is 6.31. The molecule has 5 nitrogen and oxygen atoms in total. The molecule has 0 aliphatic carbocycles. The van der Waals surface area contributed by atoms with Gasteiger partial charge in [0.05, 0.1) is 4.90 Å². The molecule has 0 saturated heterocycles. The van der Waals surface area contributed by atoms with E-state index in [1.54, 1.807) is 36.4 Å². The van der Waals surface area contributed by atoms with Gasteiger partial charge in [0.25, 0.3) is 10.0 Å². The normalized spacial score (nSPS) is 20.0. The molecular formula is C19H18Cl2N2O3S. The zero-order valence-electron chi connectivity index (χ0n) is 14.7. The molecule has 1 aliphatic heterocycles. The van der Waals surface area contributed by atoms with Crippen molar-refractivity contribution < 1.29 is 13.2 Å². The number of rotatable bonds is 5. The van der Waals surface area contributed by atoms with Crippen LogP contribution in [-0.2, 0) is 14.8 Å². The highest BCUT2D eigenvalue weighted by atomic mass is 35.5. The van der Waals surface area contributed by atoms with Crippen LogP contribution >= 0.6 is 23.2 Å². The molecular weight excluding hydrogens is 407 g/mol. The zero-order valence-corrected chi connectivity index (χ0v) is 17.0. The summed E-state index contributed by atoms with van der Waals surface area (Å²) in [6, 6.07) is 13.6. The van der Waals surface area contributed by atoms with Crippen LogP contribution in [-0.4, -0.2) is 35.2 Å². The first kappa shape index (κ1) is 19.9. The van der Waals surface area contributed by atoms with Crippen LogP contribution in [0.4, 0.5) is 0 Å². The summed E-state index contributed by atoms with van der Waals surface area (Å²) < 4.78 is 27.6. The van der Waals surface area contributed by atoms with Crippen LogP contribution in [0, 0.1) is 6.92 Å². The monoisotopic (exact) mass is 424 g/mol. The Morgan fingerprint density at radius 2 is 1.67 bits per heavy atom. The van der Waals surface area contributed by atoms with E-state index in [0.717, 1.165) is 9.87 Å². The maximum atomic E-state index is 13.3. The lowest BCUT2D eigenvalue weighted by molar-refractivity contribution is -0.120. The Hall–Kier alpha value is -1.89. The van der Waals surface area contributed by atoms with Gasteiger partial charge >= 0.3 is 0 Å². The summed E-state index contributed by atoms with van der Waals surface area (Å²) in [6.45, 7) is 3.20. The Kier molecular flexibility index (Phi) is 5.60. The number of aliphatic imine (C=N–C) groups is 1. The molecule has 0 unspecified atom stereocenters. The topological polar surface area (TPSA) is 66.8 Å². The lowest BCUT2D eigenvalue weighted by Crippen LogP contribution is -2.47. The van der Waals surface area contributed by atoms with Gasteiger partial charge in [0, 0.05) is 0 Å². The minimum atomic E-state index is -4.07.